The summed E-state index contributed by atoms with van der Waals surface area (Å²) >= 11 is 0. The molecule has 3 fully saturated rings. The van der Waals surface area contributed by atoms with Crippen LogP contribution < -0.4 is 5.32 Å². The second kappa shape index (κ2) is 9.45. The number of hydrogen-bond donors (Lipinski definition) is 1. The fourth-order valence-electron chi connectivity index (χ4n) is 5.02. The van der Waals surface area contributed by atoms with Crippen LogP contribution in [0.15, 0.2) is 24.3 Å². The zero-order chi connectivity index (χ0) is 21.1. The maximum Gasteiger partial charge on any atom is 0.239 e. The molecule has 1 N–H and O–H groups in total. The Morgan fingerprint density at radius 1 is 1.17 bits per heavy atom. The van der Waals surface area contributed by atoms with E-state index in [0.29, 0.717) is 39.3 Å². The first kappa shape index (κ1) is 21.3. The fourth-order valence-corrected chi connectivity index (χ4v) is 5.02. The monoisotopic (exact) mass is 414 g/mol. The molecule has 30 heavy (non-hydrogen) atoms. The van der Waals surface area contributed by atoms with Crippen LogP contribution in [-0.4, -0.2) is 91.1 Å². The fraction of sp³-hybridized carbons (Fsp3) is 0.652. The van der Waals surface area contributed by atoms with Crippen LogP contribution in [-0.2, 0) is 20.9 Å². The third kappa shape index (κ3) is 4.68. The quantitative estimate of drug-likeness (QED) is 0.779. The Labute approximate surface area is 179 Å². The van der Waals surface area contributed by atoms with Gasteiger partial charge in [-0.1, -0.05) is 29.8 Å². The third-order valence-electron chi connectivity index (χ3n) is 6.91. The molecule has 2 amide bonds. The highest BCUT2D eigenvalue weighted by molar-refractivity contribution is 5.83. The van der Waals surface area contributed by atoms with Crippen molar-refractivity contribution < 1.29 is 14.3 Å². The molecule has 0 saturated carbocycles. The summed E-state index contributed by atoms with van der Waals surface area (Å²) in [5.41, 5.74) is 2.49. The number of likely N-dealkylation sites (tertiary alicyclic amines) is 1. The molecule has 4 rings (SSSR count). The number of nitrogens with zero attached hydrogens (tertiary/aromatic N) is 3. The zero-order valence-corrected chi connectivity index (χ0v) is 18.2. The molecule has 3 saturated heterocycles. The number of carbonyl (C=O) groups excluding carboxylic acids is 2. The second-order valence-corrected chi connectivity index (χ2v) is 8.85. The van der Waals surface area contributed by atoms with Crippen molar-refractivity contribution in [3.05, 3.63) is 35.4 Å². The minimum Gasteiger partial charge on any atom is -0.378 e. The topological polar surface area (TPSA) is 65.1 Å². The van der Waals surface area contributed by atoms with E-state index in [1.807, 2.05) is 4.90 Å². The van der Waals surface area contributed by atoms with Crippen LogP contribution in [0.1, 0.15) is 30.4 Å². The largest absolute Gasteiger partial charge is 0.378 e. The Bertz CT molecular complexity index is 747. The van der Waals surface area contributed by atoms with E-state index in [1.165, 1.54) is 11.1 Å². The molecule has 3 aliphatic heterocycles. The third-order valence-corrected chi connectivity index (χ3v) is 6.91. The predicted molar refractivity (Wildman–Crippen MR) is 115 cm³/mol. The molecular weight excluding hydrogens is 380 g/mol. The number of amides is 2. The van der Waals surface area contributed by atoms with Crippen molar-refractivity contribution in [1.29, 1.82) is 0 Å². The molecule has 0 aromatic heterocycles. The van der Waals surface area contributed by atoms with E-state index in [9.17, 15) is 9.59 Å². The Morgan fingerprint density at radius 2 is 1.90 bits per heavy atom. The lowest BCUT2D eigenvalue weighted by atomic mass is 10.0. The lowest BCUT2D eigenvalue weighted by Crippen LogP contribution is -2.49. The van der Waals surface area contributed by atoms with Gasteiger partial charge in [0, 0.05) is 51.2 Å². The average molecular weight is 415 g/mol. The predicted octanol–water partition coefficient (Wildman–Crippen LogP) is 1.01. The van der Waals surface area contributed by atoms with Gasteiger partial charge in [-0.25, -0.2) is 0 Å². The summed E-state index contributed by atoms with van der Waals surface area (Å²) in [6.07, 6.45) is 2.28. The summed E-state index contributed by atoms with van der Waals surface area (Å²) in [4.78, 5) is 32.1. The number of benzene rings is 1. The molecule has 0 aliphatic carbocycles. The van der Waals surface area contributed by atoms with E-state index in [4.69, 9.17) is 4.74 Å². The number of aryl methyl sites for hydroxylation is 1. The number of rotatable bonds is 5. The molecular formula is C23H34N4O3. The number of nitrogens with one attached hydrogen (secondary N) is 1. The van der Waals surface area contributed by atoms with Gasteiger partial charge in [-0.05, 0) is 32.4 Å². The first-order chi connectivity index (χ1) is 14.5. The lowest BCUT2D eigenvalue weighted by Gasteiger charge is -2.33. The summed E-state index contributed by atoms with van der Waals surface area (Å²) in [6, 6.07) is 8.82. The zero-order valence-electron chi connectivity index (χ0n) is 18.2. The van der Waals surface area contributed by atoms with Crippen molar-refractivity contribution in [2.45, 2.75) is 50.9 Å². The van der Waals surface area contributed by atoms with E-state index in [-0.39, 0.29) is 29.9 Å². The first-order valence-electron chi connectivity index (χ1n) is 11.2. The molecule has 164 valence electrons. The summed E-state index contributed by atoms with van der Waals surface area (Å²) in [7, 11) is 2.12. The van der Waals surface area contributed by atoms with E-state index < -0.39 is 0 Å². The van der Waals surface area contributed by atoms with Crippen LogP contribution >= 0.6 is 0 Å². The number of ether oxygens (including phenoxy) is 1. The second-order valence-electron chi connectivity index (χ2n) is 8.85. The van der Waals surface area contributed by atoms with Crippen LogP contribution in [0, 0.1) is 6.92 Å². The molecule has 3 aliphatic rings. The van der Waals surface area contributed by atoms with E-state index in [1.54, 1.807) is 0 Å². The van der Waals surface area contributed by atoms with Gasteiger partial charge >= 0.3 is 0 Å². The smallest absolute Gasteiger partial charge is 0.239 e. The standard InChI is InChI=1S/C23H34N4O3/c1-17-3-5-18(6-4-17)16-27-10-9-20-22(27)23(29)24-15-19(25(20)2)7-8-21(28)26-11-13-30-14-12-26/h3-6,19-20,22H,7-16H2,1-2H3,(H,24,29)/t19-,20+,22-/m0/s1. The Kier molecular flexibility index (Phi) is 6.71. The van der Waals surface area contributed by atoms with Crippen molar-refractivity contribution in [1.82, 2.24) is 20.0 Å². The molecule has 1 aromatic carbocycles. The van der Waals surface area contributed by atoms with Gasteiger partial charge in [0.05, 0.1) is 13.2 Å². The number of likely N-dealkylation sites (N-methyl/N-ethyl adjacent to an activating group) is 1. The van der Waals surface area contributed by atoms with Crippen LogP contribution in [0.5, 0.6) is 0 Å². The van der Waals surface area contributed by atoms with Crippen LogP contribution in [0.25, 0.3) is 0 Å². The molecule has 7 nitrogen and oxygen atoms in total. The van der Waals surface area contributed by atoms with Gasteiger partial charge in [-0.2, -0.15) is 0 Å². The highest BCUT2D eigenvalue weighted by atomic mass is 16.5. The highest BCUT2D eigenvalue weighted by Crippen LogP contribution is 2.28. The van der Waals surface area contributed by atoms with Gasteiger partial charge in [0.1, 0.15) is 6.04 Å². The number of carbonyl (C=O) groups is 2. The first-order valence-corrected chi connectivity index (χ1v) is 11.2. The summed E-state index contributed by atoms with van der Waals surface area (Å²) in [5.74, 6) is 0.324. The Balaban J connectivity index is 1.37. The van der Waals surface area contributed by atoms with Gasteiger partial charge in [0.15, 0.2) is 0 Å². The van der Waals surface area contributed by atoms with Gasteiger partial charge in [-0.15, -0.1) is 0 Å². The summed E-state index contributed by atoms with van der Waals surface area (Å²) < 4.78 is 5.34. The van der Waals surface area contributed by atoms with Crippen molar-refractivity contribution >= 4 is 11.8 Å². The Hall–Kier alpha value is -1.96. The number of fused-ring (bicyclic) bond motifs is 1. The van der Waals surface area contributed by atoms with Crippen LogP contribution in [0.3, 0.4) is 0 Å². The summed E-state index contributed by atoms with van der Waals surface area (Å²) in [6.45, 7) is 7.05. The minimum atomic E-state index is -0.128. The van der Waals surface area contributed by atoms with E-state index in [0.717, 1.165) is 25.9 Å². The van der Waals surface area contributed by atoms with Gasteiger partial charge in [0.2, 0.25) is 11.8 Å². The molecule has 7 heteroatoms. The SMILES string of the molecule is Cc1ccc(CN2CC[C@@H]3[C@H]2C(=O)NC[C@H](CCC(=O)N2CCOCC2)N3C)cc1. The molecule has 3 atom stereocenters. The van der Waals surface area contributed by atoms with Crippen LogP contribution in [0.4, 0.5) is 0 Å². The minimum absolute atomic E-state index is 0.124. The van der Waals surface area contributed by atoms with Crippen molar-refractivity contribution in [2.24, 2.45) is 0 Å². The van der Waals surface area contributed by atoms with Crippen molar-refractivity contribution in [3.8, 4) is 0 Å². The number of hydrogen-bond acceptors (Lipinski definition) is 5. The molecule has 0 spiro atoms. The van der Waals surface area contributed by atoms with Crippen molar-refractivity contribution in [3.63, 3.8) is 0 Å². The maximum absolute atomic E-state index is 13.0. The van der Waals surface area contributed by atoms with Gasteiger partial charge in [-0.3, -0.25) is 19.4 Å². The molecule has 3 heterocycles. The number of morpholine rings is 1. The molecule has 1 aromatic rings. The summed E-state index contributed by atoms with van der Waals surface area (Å²) in [5, 5.41) is 3.16. The molecule has 0 radical (unpaired) electrons. The van der Waals surface area contributed by atoms with Gasteiger partial charge in [0.25, 0.3) is 0 Å². The average Bonchev–Trinajstić information content (AvgIpc) is 3.13. The van der Waals surface area contributed by atoms with E-state index >= 15 is 0 Å². The highest BCUT2D eigenvalue weighted by Gasteiger charge is 2.44. The van der Waals surface area contributed by atoms with Crippen molar-refractivity contribution in [2.75, 3.05) is 46.4 Å². The lowest BCUT2D eigenvalue weighted by molar-refractivity contribution is -0.135. The molecule has 0 unspecified atom stereocenters. The van der Waals surface area contributed by atoms with E-state index in [2.05, 4.69) is 53.4 Å². The Morgan fingerprint density at radius 3 is 2.63 bits per heavy atom. The van der Waals surface area contributed by atoms with Gasteiger partial charge < -0.3 is 15.0 Å². The normalized spacial score (nSPS) is 28.1. The van der Waals surface area contributed by atoms with Crippen LogP contribution in [0.2, 0.25) is 0 Å². The maximum atomic E-state index is 13.0. The molecule has 0 bridgehead atoms.